The maximum Gasteiger partial charge on any atom is 0.131 e. The van der Waals surface area contributed by atoms with Gasteiger partial charge in [-0.1, -0.05) is 11.6 Å². The first kappa shape index (κ1) is 13.1. The number of aromatic nitrogens is 3. The summed E-state index contributed by atoms with van der Waals surface area (Å²) in [5, 5.41) is 8.36. The van der Waals surface area contributed by atoms with E-state index in [9.17, 15) is 0 Å². The minimum absolute atomic E-state index is 0.697. The molecule has 0 aliphatic rings. The molecule has 0 fully saturated rings. The molecule has 0 spiro atoms. The van der Waals surface area contributed by atoms with Crippen LogP contribution in [0.1, 0.15) is 22.4 Å². The molecule has 5 heteroatoms. The van der Waals surface area contributed by atoms with Crippen LogP contribution in [0.25, 0.3) is 0 Å². The Labute approximate surface area is 112 Å². The number of halogens is 1. The molecule has 0 aromatic carbocycles. The molecule has 0 amide bonds. The molecule has 2 heterocycles. The smallest absolute Gasteiger partial charge is 0.131 e. The molecule has 18 heavy (non-hydrogen) atoms. The minimum atomic E-state index is 0.697. The maximum atomic E-state index is 6.18. The first-order chi connectivity index (χ1) is 8.59. The molecule has 0 saturated heterocycles. The summed E-state index contributed by atoms with van der Waals surface area (Å²) in [5.74, 6) is 0. The van der Waals surface area contributed by atoms with Crippen molar-refractivity contribution >= 4 is 11.6 Å². The molecule has 2 aromatic rings. The van der Waals surface area contributed by atoms with Gasteiger partial charge < -0.3 is 5.32 Å². The first-order valence-electron chi connectivity index (χ1n) is 5.87. The second-order valence-corrected chi connectivity index (χ2v) is 4.74. The third-order valence-electron chi connectivity index (χ3n) is 3.03. The van der Waals surface area contributed by atoms with Crippen LogP contribution in [0.15, 0.2) is 18.5 Å². The van der Waals surface area contributed by atoms with Crippen LogP contribution in [0.3, 0.4) is 0 Å². The molecule has 4 nitrogen and oxygen atoms in total. The number of nitrogens with one attached hydrogen (secondary N) is 1. The highest BCUT2D eigenvalue weighted by atomic mass is 35.5. The highest BCUT2D eigenvalue weighted by Crippen LogP contribution is 2.18. The van der Waals surface area contributed by atoms with Crippen LogP contribution in [-0.2, 0) is 20.1 Å². The summed E-state index contributed by atoms with van der Waals surface area (Å²) in [7, 11) is 1.85. The zero-order chi connectivity index (χ0) is 13.1. The Hall–Kier alpha value is -1.39. The van der Waals surface area contributed by atoms with E-state index < -0.39 is 0 Å². The largest absolute Gasteiger partial charge is 0.308 e. The highest BCUT2D eigenvalue weighted by molar-refractivity contribution is 6.30. The van der Waals surface area contributed by atoms with E-state index in [1.165, 1.54) is 11.1 Å². The van der Waals surface area contributed by atoms with Crippen LogP contribution in [0, 0.1) is 13.8 Å². The van der Waals surface area contributed by atoms with E-state index in [-0.39, 0.29) is 0 Å². The normalized spacial score (nSPS) is 10.9. The summed E-state index contributed by atoms with van der Waals surface area (Å²) in [6.07, 6.45) is 3.70. The van der Waals surface area contributed by atoms with Crippen molar-refractivity contribution in [2.45, 2.75) is 26.9 Å². The van der Waals surface area contributed by atoms with E-state index in [0.717, 1.165) is 17.8 Å². The molecule has 2 rings (SSSR count). The fraction of sp³-hybridized carbons (Fsp3) is 0.385. The summed E-state index contributed by atoms with van der Waals surface area (Å²) in [6, 6.07) is 2.01. The van der Waals surface area contributed by atoms with Gasteiger partial charge in [-0.05, 0) is 31.0 Å². The molecule has 2 aromatic heterocycles. The molecule has 0 aliphatic heterocycles. The van der Waals surface area contributed by atoms with Crippen molar-refractivity contribution < 1.29 is 0 Å². The zero-order valence-electron chi connectivity index (χ0n) is 10.9. The lowest BCUT2D eigenvalue weighted by Crippen LogP contribution is -2.14. The molecule has 0 unspecified atom stereocenters. The summed E-state index contributed by atoms with van der Waals surface area (Å²) < 4.78 is 1.70. The van der Waals surface area contributed by atoms with E-state index in [4.69, 9.17) is 11.6 Å². The van der Waals surface area contributed by atoms with E-state index in [2.05, 4.69) is 22.3 Å². The Morgan fingerprint density at radius 2 is 2.11 bits per heavy atom. The Balaban J connectivity index is 1.99. The van der Waals surface area contributed by atoms with Crippen molar-refractivity contribution in [2.24, 2.45) is 7.05 Å². The maximum absolute atomic E-state index is 6.18. The standard InChI is InChI=1S/C13H17ClN4/c1-9-4-5-15-6-11(9)7-16-8-12-10(2)17-18(3)13(12)14/h4-6,16H,7-8H2,1-3H3. The molecule has 96 valence electrons. The van der Waals surface area contributed by atoms with Crippen molar-refractivity contribution in [2.75, 3.05) is 0 Å². The van der Waals surface area contributed by atoms with Gasteiger partial charge in [0.1, 0.15) is 5.15 Å². The van der Waals surface area contributed by atoms with E-state index in [1.807, 2.05) is 26.2 Å². The van der Waals surface area contributed by atoms with Gasteiger partial charge in [0, 0.05) is 38.1 Å². The van der Waals surface area contributed by atoms with Gasteiger partial charge in [0.25, 0.3) is 0 Å². The van der Waals surface area contributed by atoms with E-state index in [1.54, 1.807) is 10.9 Å². The average molecular weight is 265 g/mol. The minimum Gasteiger partial charge on any atom is -0.308 e. The summed E-state index contributed by atoms with van der Waals surface area (Å²) in [6.45, 7) is 5.55. The van der Waals surface area contributed by atoms with Crippen LogP contribution < -0.4 is 5.32 Å². The SMILES string of the molecule is Cc1ccncc1CNCc1c(C)nn(C)c1Cl. The van der Waals surface area contributed by atoms with Crippen molar-refractivity contribution in [3.63, 3.8) is 0 Å². The van der Waals surface area contributed by atoms with Gasteiger partial charge in [-0.15, -0.1) is 0 Å². The third-order valence-corrected chi connectivity index (χ3v) is 3.51. The lowest BCUT2D eigenvalue weighted by molar-refractivity contribution is 0.685. The van der Waals surface area contributed by atoms with Crippen LogP contribution in [0.5, 0.6) is 0 Å². The third kappa shape index (κ3) is 2.71. The van der Waals surface area contributed by atoms with Crippen LogP contribution in [-0.4, -0.2) is 14.8 Å². The Morgan fingerprint density at radius 1 is 1.33 bits per heavy atom. The number of pyridine rings is 1. The van der Waals surface area contributed by atoms with Crippen molar-refractivity contribution in [3.8, 4) is 0 Å². The number of aryl methyl sites for hydroxylation is 3. The van der Waals surface area contributed by atoms with E-state index in [0.29, 0.717) is 11.7 Å². The van der Waals surface area contributed by atoms with Gasteiger partial charge in [0.2, 0.25) is 0 Å². The number of hydrogen-bond acceptors (Lipinski definition) is 3. The lowest BCUT2D eigenvalue weighted by atomic mass is 10.1. The van der Waals surface area contributed by atoms with E-state index >= 15 is 0 Å². The fourth-order valence-corrected chi connectivity index (χ4v) is 2.12. The Bertz CT molecular complexity index is 548. The second kappa shape index (κ2) is 5.50. The number of nitrogens with zero attached hydrogens (tertiary/aromatic N) is 3. The van der Waals surface area contributed by atoms with Gasteiger partial charge in [-0.25, -0.2) is 0 Å². The molecule has 0 saturated carbocycles. The molecule has 1 N–H and O–H groups in total. The Kier molecular flexibility index (Phi) is 3.99. The van der Waals surface area contributed by atoms with Crippen molar-refractivity contribution in [3.05, 3.63) is 46.0 Å². The second-order valence-electron chi connectivity index (χ2n) is 4.38. The highest BCUT2D eigenvalue weighted by Gasteiger charge is 2.10. The number of hydrogen-bond donors (Lipinski definition) is 1. The van der Waals surface area contributed by atoms with Gasteiger partial charge in [-0.2, -0.15) is 5.10 Å². The molecule has 0 aliphatic carbocycles. The van der Waals surface area contributed by atoms with Crippen LogP contribution in [0.2, 0.25) is 5.15 Å². The summed E-state index contributed by atoms with van der Waals surface area (Å²) in [4.78, 5) is 4.13. The average Bonchev–Trinajstić information content (AvgIpc) is 2.58. The zero-order valence-corrected chi connectivity index (χ0v) is 11.6. The monoisotopic (exact) mass is 264 g/mol. The topological polar surface area (TPSA) is 42.7 Å². The molecule has 0 radical (unpaired) electrons. The van der Waals surface area contributed by atoms with Gasteiger partial charge in [0.15, 0.2) is 0 Å². The Morgan fingerprint density at radius 3 is 2.72 bits per heavy atom. The molecule has 0 atom stereocenters. The lowest BCUT2D eigenvalue weighted by Gasteiger charge is -2.07. The quantitative estimate of drug-likeness (QED) is 0.922. The molecule has 0 bridgehead atoms. The predicted octanol–water partition coefficient (Wildman–Crippen LogP) is 2.38. The molecular formula is C13H17ClN4. The predicted molar refractivity (Wildman–Crippen MR) is 72.5 cm³/mol. The van der Waals surface area contributed by atoms with Crippen LogP contribution >= 0.6 is 11.6 Å². The number of rotatable bonds is 4. The van der Waals surface area contributed by atoms with Crippen molar-refractivity contribution in [1.29, 1.82) is 0 Å². The van der Waals surface area contributed by atoms with Crippen molar-refractivity contribution in [1.82, 2.24) is 20.1 Å². The fourth-order valence-electron chi connectivity index (χ4n) is 1.88. The van der Waals surface area contributed by atoms with Gasteiger partial charge in [0.05, 0.1) is 5.69 Å². The first-order valence-corrected chi connectivity index (χ1v) is 6.25. The molecular weight excluding hydrogens is 248 g/mol. The summed E-state index contributed by atoms with van der Waals surface area (Å²) in [5.41, 5.74) is 4.47. The summed E-state index contributed by atoms with van der Waals surface area (Å²) >= 11 is 6.18. The van der Waals surface area contributed by atoms with Gasteiger partial charge in [-0.3, -0.25) is 9.67 Å². The van der Waals surface area contributed by atoms with Gasteiger partial charge >= 0.3 is 0 Å². The van der Waals surface area contributed by atoms with Crippen LogP contribution in [0.4, 0.5) is 0 Å².